The van der Waals surface area contributed by atoms with Gasteiger partial charge in [-0.1, -0.05) is 41.9 Å². The van der Waals surface area contributed by atoms with Crippen molar-refractivity contribution < 1.29 is 9.84 Å². The van der Waals surface area contributed by atoms with Crippen LogP contribution in [0.5, 0.6) is 5.75 Å². The van der Waals surface area contributed by atoms with Crippen molar-refractivity contribution in [2.75, 3.05) is 7.11 Å². The van der Waals surface area contributed by atoms with E-state index in [1.807, 2.05) is 42.5 Å². The van der Waals surface area contributed by atoms with Crippen LogP contribution < -0.4 is 4.74 Å². The molecule has 0 aliphatic rings. The maximum absolute atomic E-state index is 10.7. The van der Waals surface area contributed by atoms with E-state index in [-0.39, 0.29) is 0 Å². The first-order valence-corrected chi connectivity index (χ1v) is 6.51. The second-order valence-corrected chi connectivity index (χ2v) is 5.19. The highest BCUT2D eigenvalue weighted by atomic mass is 35.5. The lowest BCUT2D eigenvalue weighted by Crippen LogP contribution is -2.24. The molecule has 0 amide bonds. The molecular formula is C16H17ClO2. The monoisotopic (exact) mass is 276 g/mol. The second-order valence-electron chi connectivity index (χ2n) is 4.78. The van der Waals surface area contributed by atoms with Crippen LogP contribution in [0.1, 0.15) is 18.1 Å². The van der Waals surface area contributed by atoms with Crippen molar-refractivity contribution in [1.82, 2.24) is 0 Å². The van der Waals surface area contributed by atoms with Gasteiger partial charge in [-0.25, -0.2) is 0 Å². The van der Waals surface area contributed by atoms with Gasteiger partial charge in [-0.15, -0.1) is 0 Å². The lowest BCUT2D eigenvalue weighted by molar-refractivity contribution is 0.0577. The maximum atomic E-state index is 10.7. The first kappa shape index (κ1) is 13.9. The first-order chi connectivity index (χ1) is 9.03. The molecule has 0 aromatic heterocycles. The molecule has 0 saturated heterocycles. The summed E-state index contributed by atoms with van der Waals surface area (Å²) >= 11 is 6.15. The minimum atomic E-state index is -1.01. The molecule has 2 aromatic carbocycles. The van der Waals surface area contributed by atoms with Gasteiger partial charge in [0, 0.05) is 17.0 Å². The van der Waals surface area contributed by atoms with Crippen molar-refractivity contribution >= 4 is 11.6 Å². The van der Waals surface area contributed by atoms with E-state index >= 15 is 0 Å². The molecule has 2 aromatic rings. The molecule has 1 unspecified atom stereocenters. The van der Waals surface area contributed by atoms with Gasteiger partial charge in [-0.3, -0.25) is 0 Å². The van der Waals surface area contributed by atoms with Crippen LogP contribution in [-0.2, 0) is 12.0 Å². The molecule has 2 rings (SSSR count). The normalized spacial score (nSPS) is 13.9. The van der Waals surface area contributed by atoms with Crippen LogP contribution in [0, 0.1) is 0 Å². The van der Waals surface area contributed by atoms with E-state index in [0.29, 0.717) is 11.4 Å². The highest BCUT2D eigenvalue weighted by Crippen LogP contribution is 2.31. The number of aliphatic hydroxyl groups is 1. The van der Waals surface area contributed by atoms with Gasteiger partial charge in [0.1, 0.15) is 5.75 Å². The zero-order valence-corrected chi connectivity index (χ0v) is 11.8. The number of ether oxygens (including phenoxy) is 1. The SMILES string of the molecule is COc1cccc(CC(C)(O)c2ccccc2Cl)c1. The molecule has 2 nitrogen and oxygen atoms in total. The predicted molar refractivity (Wildman–Crippen MR) is 77.7 cm³/mol. The van der Waals surface area contributed by atoms with E-state index < -0.39 is 5.60 Å². The van der Waals surface area contributed by atoms with Crippen LogP contribution in [-0.4, -0.2) is 12.2 Å². The zero-order chi connectivity index (χ0) is 13.9. The van der Waals surface area contributed by atoms with Crippen LogP contribution >= 0.6 is 11.6 Å². The van der Waals surface area contributed by atoms with Gasteiger partial charge in [0.25, 0.3) is 0 Å². The van der Waals surface area contributed by atoms with Gasteiger partial charge in [0.05, 0.1) is 12.7 Å². The van der Waals surface area contributed by atoms with Gasteiger partial charge >= 0.3 is 0 Å². The Kier molecular flexibility index (Phi) is 4.13. The minimum absolute atomic E-state index is 0.480. The van der Waals surface area contributed by atoms with Crippen molar-refractivity contribution in [3.05, 3.63) is 64.7 Å². The van der Waals surface area contributed by atoms with Crippen molar-refractivity contribution in [3.8, 4) is 5.75 Å². The van der Waals surface area contributed by atoms with Crippen LogP contribution in [0.4, 0.5) is 0 Å². The molecule has 3 heteroatoms. The van der Waals surface area contributed by atoms with E-state index in [2.05, 4.69) is 0 Å². The van der Waals surface area contributed by atoms with Gasteiger partial charge < -0.3 is 9.84 Å². The third-order valence-corrected chi connectivity index (χ3v) is 3.47. The lowest BCUT2D eigenvalue weighted by Gasteiger charge is -2.25. The summed E-state index contributed by atoms with van der Waals surface area (Å²) in [5, 5.41) is 11.2. The van der Waals surface area contributed by atoms with E-state index in [9.17, 15) is 5.11 Å². The van der Waals surface area contributed by atoms with E-state index in [1.165, 1.54) is 0 Å². The van der Waals surface area contributed by atoms with Gasteiger partial charge in [0.2, 0.25) is 0 Å². The Morgan fingerprint density at radius 1 is 1.16 bits per heavy atom. The van der Waals surface area contributed by atoms with Gasteiger partial charge in [-0.2, -0.15) is 0 Å². The van der Waals surface area contributed by atoms with E-state index in [4.69, 9.17) is 16.3 Å². The summed E-state index contributed by atoms with van der Waals surface area (Å²) in [5.74, 6) is 0.785. The highest BCUT2D eigenvalue weighted by Gasteiger charge is 2.25. The number of methoxy groups -OCH3 is 1. The smallest absolute Gasteiger partial charge is 0.119 e. The molecule has 1 atom stereocenters. The predicted octanol–water partition coefficient (Wildman–Crippen LogP) is 3.80. The van der Waals surface area contributed by atoms with Crippen molar-refractivity contribution in [1.29, 1.82) is 0 Å². The molecule has 0 aliphatic carbocycles. The summed E-state index contributed by atoms with van der Waals surface area (Å²) < 4.78 is 5.19. The number of hydrogen-bond acceptors (Lipinski definition) is 2. The fourth-order valence-electron chi connectivity index (χ4n) is 2.17. The number of halogens is 1. The summed E-state index contributed by atoms with van der Waals surface area (Å²) in [7, 11) is 1.63. The molecule has 0 heterocycles. The summed E-state index contributed by atoms with van der Waals surface area (Å²) in [6, 6.07) is 15.1. The Bertz CT molecular complexity index is 564. The second kappa shape index (κ2) is 5.64. The van der Waals surface area contributed by atoms with Crippen LogP contribution in [0.25, 0.3) is 0 Å². The van der Waals surface area contributed by atoms with Crippen molar-refractivity contribution in [2.24, 2.45) is 0 Å². The molecule has 0 saturated carbocycles. The largest absolute Gasteiger partial charge is 0.497 e. The first-order valence-electron chi connectivity index (χ1n) is 6.13. The third kappa shape index (κ3) is 3.28. The third-order valence-electron chi connectivity index (χ3n) is 3.14. The molecule has 0 radical (unpaired) electrons. The lowest BCUT2D eigenvalue weighted by atomic mass is 9.89. The fraction of sp³-hybridized carbons (Fsp3) is 0.250. The van der Waals surface area contributed by atoms with E-state index in [1.54, 1.807) is 20.1 Å². The molecule has 0 spiro atoms. The molecule has 100 valence electrons. The average molecular weight is 277 g/mol. The quantitative estimate of drug-likeness (QED) is 0.920. The Labute approximate surface area is 118 Å². The molecule has 0 fully saturated rings. The minimum Gasteiger partial charge on any atom is -0.497 e. The van der Waals surface area contributed by atoms with E-state index in [0.717, 1.165) is 16.9 Å². The topological polar surface area (TPSA) is 29.5 Å². The van der Waals surface area contributed by atoms with Crippen LogP contribution in [0.15, 0.2) is 48.5 Å². The van der Waals surface area contributed by atoms with Gasteiger partial charge in [0.15, 0.2) is 0 Å². The number of hydrogen-bond donors (Lipinski definition) is 1. The highest BCUT2D eigenvalue weighted by molar-refractivity contribution is 6.31. The standard InChI is InChI=1S/C16H17ClO2/c1-16(18,14-8-3-4-9-15(14)17)11-12-6-5-7-13(10-12)19-2/h3-10,18H,11H2,1-2H3. The van der Waals surface area contributed by atoms with Crippen LogP contribution in [0.3, 0.4) is 0 Å². The molecule has 0 bridgehead atoms. The zero-order valence-electron chi connectivity index (χ0n) is 11.1. The average Bonchev–Trinajstić information content (AvgIpc) is 2.38. The Hall–Kier alpha value is -1.51. The molecule has 0 aliphatic heterocycles. The van der Waals surface area contributed by atoms with Crippen molar-refractivity contribution in [2.45, 2.75) is 18.9 Å². The fourth-order valence-corrected chi connectivity index (χ4v) is 2.51. The number of rotatable bonds is 4. The summed E-state index contributed by atoms with van der Waals surface area (Å²) in [6.45, 7) is 1.77. The maximum Gasteiger partial charge on any atom is 0.119 e. The Balaban J connectivity index is 2.28. The Morgan fingerprint density at radius 2 is 1.89 bits per heavy atom. The summed E-state index contributed by atoms with van der Waals surface area (Å²) in [5.41, 5.74) is 0.730. The summed E-state index contributed by atoms with van der Waals surface area (Å²) in [6.07, 6.45) is 0.480. The summed E-state index contributed by atoms with van der Waals surface area (Å²) in [4.78, 5) is 0. The van der Waals surface area contributed by atoms with Gasteiger partial charge in [-0.05, 0) is 30.7 Å². The van der Waals surface area contributed by atoms with Crippen molar-refractivity contribution in [3.63, 3.8) is 0 Å². The van der Waals surface area contributed by atoms with Crippen LogP contribution in [0.2, 0.25) is 5.02 Å². The molecular weight excluding hydrogens is 260 g/mol. The molecule has 19 heavy (non-hydrogen) atoms. The molecule has 1 N–H and O–H groups in total. The Morgan fingerprint density at radius 3 is 2.58 bits per heavy atom. The number of benzene rings is 2.